The molecule has 0 aliphatic rings. The summed E-state index contributed by atoms with van der Waals surface area (Å²) < 4.78 is 33.7. The summed E-state index contributed by atoms with van der Waals surface area (Å²) in [6.45, 7) is 6.03. The van der Waals surface area contributed by atoms with E-state index < -0.39 is 15.9 Å². The Kier molecular flexibility index (Phi) is 8.11. The number of nitrogens with one attached hydrogen (secondary N) is 1. The van der Waals surface area contributed by atoms with Gasteiger partial charge < -0.3 is 10.1 Å². The van der Waals surface area contributed by atoms with Gasteiger partial charge in [0, 0.05) is 0 Å². The number of carbonyl (C=O) groups is 1. The first kappa shape index (κ1) is 24.3. The number of carbonyl (C=O) groups excluding carboxylic acids is 1. The number of rotatable bonds is 10. The largest absolute Gasteiger partial charge is 0.492 e. The van der Waals surface area contributed by atoms with E-state index in [0.717, 1.165) is 23.3 Å². The number of anilines is 1. The summed E-state index contributed by atoms with van der Waals surface area (Å²) in [6, 6.07) is 21.5. The standard InChI is InChI=1S/C26H30N2O4S/c1-4-22-12-14-23(15-13-22)32-17-16-27-26(29)19-28(25-18-20(2)10-11-21(25)3)33(30,31)24-8-6-5-7-9-24/h5-15,18H,4,16-17,19H2,1-3H3,(H,27,29). The Morgan fingerprint density at radius 3 is 2.33 bits per heavy atom. The summed E-state index contributed by atoms with van der Waals surface area (Å²) >= 11 is 0. The molecule has 0 spiro atoms. The quantitative estimate of drug-likeness (QED) is 0.453. The molecule has 0 aliphatic heterocycles. The van der Waals surface area contributed by atoms with Crippen LogP contribution in [0.25, 0.3) is 0 Å². The topological polar surface area (TPSA) is 75.7 Å². The molecule has 174 valence electrons. The van der Waals surface area contributed by atoms with Crippen molar-refractivity contribution < 1.29 is 17.9 Å². The van der Waals surface area contributed by atoms with Gasteiger partial charge in [-0.1, -0.05) is 49.4 Å². The Morgan fingerprint density at radius 1 is 0.970 bits per heavy atom. The third kappa shape index (κ3) is 6.35. The molecule has 0 saturated heterocycles. The van der Waals surface area contributed by atoms with Gasteiger partial charge in [-0.2, -0.15) is 0 Å². The minimum Gasteiger partial charge on any atom is -0.492 e. The number of hydrogen-bond acceptors (Lipinski definition) is 4. The van der Waals surface area contributed by atoms with Gasteiger partial charge in [0.2, 0.25) is 5.91 Å². The van der Waals surface area contributed by atoms with Gasteiger partial charge in [-0.25, -0.2) is 8.42 Å². The highest BCUT2D eigenvalue weighted by molar-refractivity contribution is 7.92. The van der Waals surface area contributed by atoms with E-state index in [9.17, 15) is 13.2 Å². The highest BCUT2D eigenvalue weighted by Gasteiger charge is 2.28. The molecule has 0 heterocycles. The fourth-order valence-corrected chi connectivity index (χ4v) is 4.87. The molecule has 0 aliphatic carbocycles. The van der Waals surface area contributed by atoms with Crippen molar-refractivity contribution in [2.24, 2.45) is 0 Å². The molecule has 0 atom stereocenters. The molecule has 6 nitrogen and oxygen atoms in total. The van der Waals surface area contributed by atoms with Crippen LogP contribution in [-0.4, -0.2) is 34.0 Å². The molecule has 0 aromatic heterocycles. The second-order valence-electron chi connectivity index (χ2n) is 7.81. The molecule has 3 aromatic rings. The fourth-order valence-electron chi connectivity index (χ4n) is 3.37. The van der Waals surface area contributed by atoms with E-state index in [2.05, 4.69) is 12.2 Å². The summed E-state index contributed by atoms with van der Waals surface area (Å²) in [5.41, 5.74) is 3.39. The van der Waals surface area contributed by atoms with Crippen LogP contribution in [0.2, 0.25) is 0 Å². The molecular formula is C26H30N2O4S. The second kappa shape index (κ2) is 11.0. The van der Waals surface area contributed by atoms with Crippen molar-refractivity contribution >= 4 is 21.6 Å². The summed E-state index contributed by atoms with van der Waals surface area (Å²) in [6.07, 6.45) is 0.957. The molecular weight excluding hydrogens is 436 g/mol. The van der Waals surface area contributed by atoms with Crippen molar-refractivity contribution in [1.82, 2.24) is 5.32 Å². The van der Waals surface area contributed by atoms with E-state index in [1.807, 2.05) is 50.2 Å². The van der Waals surface area contributed by atoms with E-state index in [1.54, 1.807) is 24.3 Å². The summed E-state index contributed by atoms with van der Waals surface area (Å²) in [7, 11) is -3.93. The maximum Gasteiger partial charge on any atom is 0.264 e. The Hall–Kier alpha value is -3.32. The van der Waals surface area contributed by atoms with E-state index in [-0.39, 0.29) is 24.6 Å². The Bertz CT molecular complexity index is 1180. The molecule has 7 heteroatoms. The molecule has 1 amide bonds. The number of amides is 1. The summed E-state index contributed by atoms with van der Waals surface area (Å²) in [4.78, 5) is 12.9. The summed E-state index contributed by atoms with van der Waals surface area (Å²) in [5.74, 6) is 0.324. The van der Waals surface area contributed by atoms with E-state index in [4.69, 9.17) is 4.74 Å². The first-order valence-corrected chi connectivity index (χ1v) is 12.4. The van der Waals surface area contributed by atoms with Crippen LogP contribution in [-0.2, 0) is 21.2 Å². The lowest BCUT2D eigenvalue weighted by Gasteiger charge is -2.26. The van der Waals surface area contributed by atoms with Crippen molar-refractivity contribution in [3.05, 3.63) is 89.5 Å². The molecule has 0 saturated carbocycles. The third-order valence-electron chi connectivity index (χ3n) is 5.28. The predicted octanol–water partition coefficient (Wildman–Crippen LogP) is 4.26. The first-order valence-electron chi connectivity index (χ1n) is 10.9. The van der Waals surface area contributed by atoms with Crippen LogP contribution in [0.3, 0.4) is 0 Å². The molecule has 0 radical (unpaired) electrons. The van der Waals surface area contributed by atoms with Crippen LogP contribution in [0.1, 0.15) is 23.6 Å². The maximum absolute atomic E-state index is 13.4. The SMILES string of the molecule is CCc1ccc(OCCNC(=O)CN(c2cc(C)ccc2C)S(=O)(=O)c2ccccc2)cc1. The molecule has 0 bridgehead atoms. The number of benzene rings is 3. The molecule has 33 heavy (non-hydrogen) atoms. The van der Waals surface area contributed by atoms with Crippen molar-refractivity contribution in [3.63, 3.8) is 0 Å². The summed E-state index contributed by atoms with van der Waals surface area (Å²) in [5, 5.41) is 2.76. The van der Waals surface area contributed by atoms with Crippen molar-refractivity contribution in [1.29, 1.82) is 0 Å². The van der Waals surface area contributed by atoms with Gasteiger partial charge in [0.25, 0.3) is 10.0 Å². The average Bonchev–Trinajstić information content (AvgIpc) is 2.83. The van der Waals surface area contributed by atoms with Crippen LogP contribution >= 0.6 is 0 Å². The molecule has 0 fully saturated rings. The highest BCUT2D eigenvalue weighted by Crippen LogP contribution is 2.27. The zero-order valence-corrected chi connectivity index (χ0v) is 20.1. The van der Waals surface area contributed by atoms with Crippen molar-refractivity contribution in [2.45, 2.75) is 32.1 Å². The maximum atomic E-state index is 13.4. The number of aryl methyl sites for hydroxylation is 3. The van der Waals surface area contributed by atoms with Crippen LogP contribution in [0.5, 0.6) is 5.75 Å². The van der Waals surface area contributed by atoms with Gasteiger partial charge in [-0.05, 0) is 67.3 Å². The van der Waals surface area contributed by atoms with Crippen LogP contribution < -0.4 is 14.4 Å². The number of ether oxygens (including phenoxy) is 1. The first-order chi connectivity index (χ1) is 15.8. The number of nitrogens with zero attached hydrogens (tertiary/aromatic N) is 1. The fraction of sp³-hybridized carbons (Fsp3) is 0.269. The Balaban J connectivity index is 1.70. The van der Waals surface area contributed by atoms with E-state index in [0.29, 0.717) is 5.69 Å². The van der Waals surface area contributed by atoms with Crippen LogP contribution in [0.15, 0.2) is 77.7 Å². The monoisotopic (exact) mass is 466 g/mol. The predicted molar refractivity (Wildman–Crippen MR) is 131 cm³/mol. The Labute approximate surface area is 196 Å². The third-order valence-corrected chi connectivity index (χ3v) is 7.05. The van der Waals surface area contributed by atoms with Crippen molar-refractivity contribution in [2.75, 3.05) is 24.0 Å². The number of sulfonamides is 1. The lowest BCUT2D eigenvalue weighted by atomic mass is 10.1. The minimum absolute atomic E-state index is 0.137. The smallest absolute Gasteiger partial charge is 0.264 e. The van der Waals surface area contributed by atoms with Crippen LogP contribution in [0, 0.1) is 13.8 Å². The van der Waals surface area contributed by atoms with Gasteiger partial charge >= 0.3 is 0 Å². The average molecular weight is 467 g/mol. The Morgan fingerprint density at radius 2 is 1.67 bits per heavy atom. The van der Waals surface area contributed by atoms with Crippen LogP contribution in [0.4, 0.5) is 5.69 Å². The van der Waals surface area contributed by atoms with Gasteiger partial charge in [-0.15, -0.1) is 0 Å². The zero-order chi connectivity index (χ0) is 23.8. The van der Waals surface area contributed by atoms with Gasteiger partial charge in [0.1, 0.15) is 18.9 Å². The van der Waals surface area contributed by atoms with Gasteiger partial charge in [0.15, 0.2) is 0 Å². The lowest BCUT2D eigenvalue weighted by molar-refractivity contribution is -0.119. The second-order valence-corrected chi connectivity index (χ2v) is 9.67. The molecule has 3 rings (SSSR count). The van der Waals surface area contributed by atoms with E-state index >= 15 is 0 Å². The minimum atomic E-state index is -3.93. The normalized spacial score (nSPS) is 11.1. The molecule has 3 aromatic carbocycles. The zero-order valence-electron chi connectivity index (χ0n) is 19.2. The van der Waals surface area contributed by atoms with E-state index in [1.165, 1.54) is 22.0 Å². The molecule has 0 unspecified atom stereocenters. The van der Waals surface area contributed by atoms with Gasteiger partial charge in [-0.3, -0.25) is 9.10 Å². The lowest BCUT2D eigenvalue weighted by Crippen LogP contribution is -2.42. The van der Waals surface area contributed by atoms with Crippen molar-refractivity contribution in [3.8, 4) is 5.75 Å². The highest BCUT2D eigenvalue weighted by atomic mass is 32.2. The molecule has 1 N–H and O–H groups in total. The number of hydrogen-bond donors (Lipinski definition) is 1. The van der Waals surface area contributed by atoms with Gasteiger partial charge in [0.05, 0.1) is 17.1 Å².